The summed E-state index contributed by atoms with van der Waals surface area (Å²) < 4.78 is 0. The largest absolute Gasteiger partial charge is 0.0827 e. The van der Waals surface area contributed by atoms with E-state index in [1.807, 2.05) is 18.2 Å². The fourth-order valence-electron chi connectivity index (χ4n) is 2.57. The maximum atomic E-state index is 6.10. The molecule has 0 saturated carbocycles. The molecule has 100 valence electrons. The number of hydrogen-bond acceptors (Lipinski definition) is 0. The summed E-state index contributed by atoms with van der Waals surface area (Å²) in [6, 6.07) is 18.8. The summed E-state index contributed by atoms with van der Waals surface area (Å²) in [5, 5.41) is 3.79. The summed E-state index contributed by atoms with van der Waals surface area (Å²) in [4.78, 5) is 0. The van der Waals surface area contributed by atoms with Crippen LogP contribution in [0, 0.1) is 6.92 Å². The molecule has 0 N–H and O–H groups in total. The minimum atomic E-state index is 0.601. The number of benzene rings is 3. The Hall–Kier alpha value is -1.50. The van der Waals surface area contributed by atoms with Crippen molar-refractivity contribution in [3.8, 4) is 0 Å². The average Bonchev–Trinajstić information content (AvgIpc) is 2.43. The molecule has 0 aromatic heterocycles. The van der Waals surface area contributed by atoms with Crippen LogP contribution in [0.5, 0.6) is 0 Å². The molecule has 3 aromatic carbocycles. The molecule has 0 amide bonds. The average molecular weight is 301 g/mol. The monoisotopic (exact) mass is 300 g/mol. The molecule has 0 nitrogen and oxygen atoms in total. The van der Waals surface area contributed by atoms with Crippen LogP contribution in [0.25, 0.3) is 10.8 Å². The van der Waals surface area contributed by atoms with Crippen LogP contribution in [-0.2, 0) is 6.42 Å². The summed E-state index contributed by atoms with van der Waals surface area (Å²) >= 11 is 12.1. The van der Waals surface area contributed by atoms with Gasteiger partial charge in [-0.1, -0.05) is 71.2 Å². The van der Waals surface area contributed by atoms with E-state index < -0.39 is 0 Å². The van der Waals surface area contributed by atoms with Crippen LogP contribution in [0.15, 0.2) is 54.6 Å². The Bertz CT molecular complexity index is 775. The molecule has 20 heavy (non-hydrogen) atoms. The first-order valence-corrected chi connectivity index (χ1v) is 7.31. The third-order valence-corrected chi connectivity index (χ3v) is 4.21. The van der Waals surface area contributed by atoms with Crippen LogP contribution in [0.1, 0.15) is 16.7 Å². The van der Waals surface area contributed by atoms with Gasteiger partial charge in [0.2, 0.25) is 0 Å². The number of halogens is 2. The van der Waals surface area contributed by atoms with Crippen molar-refractivity contribution in [2.75, 3.05) is 0 Å². The first kappa shape index (κ1) is 13.5. The number of hydrogen-bond donors (Lipinski definition) is 0. The van der Waals surface area contributed by atoms with Crippen molar-refractivity contribution in [1.82, 2.24) is 0 Å². The van der Waals surface area contributed by atoms with Gasteiger partial charge in [-0.3, -0.25) is 0 Å². The predicted octanol–water partition coefficient (Wildman–Crippen LogP) is 6.05. The second-order valence-electron chi connectivity index (χ2n) is 5.07. The highest BCUT2D eigenvalue weighted by Crippen LogP contribution is 2.27. The van der Waals surface area contributed by atoms with Crippen LogP contribution >= 0.6 is 23.2 Å². The Morgan fingerprint density at radius 3 is 2.45 bits per heavy atom. The van der Waals surface area contributed by atoms with E-state index >= 15 is 0 Å². The van der Waals surface area contributed by atoms with Crippen molar-refractivity contribution in [2.45, 2.75) is 13.3 Å². The van der Waals surface area contributed by atoms with Crippen LogP contribution in [0.2, 0.25) is 10.0 Å². The molecule has 0 aliphatic heterocycles. The van der Waals surface area contributed by atoms with Gasteiger partial charge in [-0.25, -0.2) is 0 Å². The SMILES string of the molecule is Cc1cc(Cc2ccc(Cl)c(Cl)c2)c2ccccc2c1. The summed E-state index contributed by atoms with van der Waals surface area (Å²) in [6.07, 6.45) is 0.860. The second kappa shape index (κ2) is 5.47. The Morgan fingerprint density at radius 1 is 0.850 bits per heavy atom. The van der Waals surface area contributed by atoms with E-state index in [4.69, 9.17) is 23.2 Å². The first-order chi connectivity index (χ1) is 9.63. The molecule has 0 radical (unpaired) electrons. The number of rotatable bonds is 2. The molecule has 3 aromatic rings. The molecule has 0 fully saturated rings. The molecule has 0 bridgehead atoms. The lowest BCUT2D eigenvalue weighted by Gasteiger charge is -2.09. The Balaban J connectivity index is 2.07. The standard InChI is InChI=1S/C18H14Cl2/c1-12-8-14-4-2-3-5-16(14)15(9-12)10-13-6-7-17(19)18(20)11-13/h2-9,11H,10H2,1H3. The summed E-state index contributed by atoms with van der Waals surface area (Å²) in [6.45, 7) is 2.13. The van der Waals surface area contributed by atoms with E-state index in [1.54, 1.807) is 0 Å². The lowest BCUT2D eigenvalue weighted by atomic mass is 9.96. The molecule has 0 aliphatic carbocycles. The third-order valence-electron chi connectivity index (χ3n) is 3.47. The summed E-state index contributed by atoms with van der Waals surface area (Å²) in [7, 11) is 0. The highest BCUT2D eigenvalue weighted by Gasteiger charge is 2.05. The zero-order valence-corrected chi connectivity index (χ0v) is 12.7. The number of aryl methyl sites for hydroxylation is 1. The molecule has 0 heterocycles. The fourth-order valence-corrected chi connectivity index (χ4v) is 2.89. The van der Waals surface area contributed by atoms with E-state index in [-0.39, 0.29) is 0 Å². The fraction of sp³-hybridized carbons (Fsp3) is 0.111. The Labute approximate surface area is 129 Å². The maximum Gasteiger partial charge on any atom is 0.0595 e. The van der Waals surface area contributed by atoms with E-state index in [0.717, 1.165) is 6.42 Å². The highest BCUT2D eigenvalue weighted by molar-refractivity contribution is 6.42. The molecule has 0 spiro atoms. The predicted molar refractivity (Wildman–Crippen MR) is 88.0 cm³/mol. The van der Waals surface area contributed by atoms with Crippen molar-refractivity contribution in [3.63, 3.8) is 0 Å². The number of fused-ring (bicyclic) bond motifs is 1. The van der Waals surface area contributed by atoms with Gasteiger partial charge in [-0.2, -0.15) is 0 Å². The van der Waals surface area contributed by atoms with Gasteiger partial charge in [0.15, 0.2) is 0 Å². The van der Waals surface area contributed by atoms with Crippen molar-refractivity contribution < 1.29 is 0 Å². The highest BCUT2D eigenvalue weighted by atomic mass is 35.5. The van der Waals surface area contributed by atoms with Crippen molar-refractivity contribution in [1.29, 1.82) is 0 Å². The lowest BCUT2D eigenvalue weighted by Crippen LogP contribution is -1.91. The normalized spacial score (nSPS) is 10.9. The zero-order chi connectivity index (χ0) is 14.1. The first-order valence-electron chi connectivity index (χ1n) is 6.56. The Kier molecular flexibility index (Phi) is 3.69. The van der Waals surface area contributed by atoms with Gasteiger partial charge in [-0.15, -0.1) is 0 Å². The second-order valence-corrected chi connectivity index (χ2v) is 5.88. The minimum absolute atomic E-state index is 0.601. The molecule has 0 aliphatic rings. The van der Waals surface area contributed by atoms with Crippen LogP contribution in [0.4, 0.5) is 0 Å². The molecular formula is C18H14Cl2. The van der Waals surface area contributed by atoms with Crippen LogP contribution in [-0.4, -0.2) is 0 Å². The van der Waals surface area contributed by atoms with E-state index in [9.17, 15) is 0 Å². The van der Waals surface area contributed by atoms with E-state index in [1.165, 1.54) is 27.5 Å². The van der Waals surface area contributed by atoms with Gasteiger partial charge in [0.05, 0.1) is 10.0 Å². The van der Waals surface area contributed by atoms with E-state index in [2.05, 4.69) is 43.3 Å². The smallest absolute Gasteiger partial charge is 0.0595 e. The van der Waals surface area contributed by atoms with Gasteiger partial charge in [-0.05, 0) is 47.4 Å². The van der Waals surface area contributed by atoms with Crippen molar-refractivity contribution >= 4 is 34.0 Å². The van der Waals surface area contributed by atoms with Gasteiger partial charge in [0, 0.05) is 0 Å². The van der Waals surface area contributed by atoms with Crippen LogP contribution in [0.3, 0.4) is 0 Å². The zero-order valence-electron chi connectivity index (χ0n) is 11.2. The molecule has 0 unspecified atom stereocenters. The van der Waals surface area contributed by atoms with Gasteiger partial charge in [0.25, 0.3) is 0 Å². The van der Waals surface area contributed by atoms with Gasteiger partial charge >= 0.3 is 0 Å². The van der Waals surface area contributed by atoms with Crippen LogP contribution < -0.4 is 0 Å². The molecular weight excluding hydrogens is 287 g/mol. The molecule has 2 heteroatoms. The maximum absolute atomic E-state index is 6.10. The topological polar surface area (TPSA) is 0 Å². The van der Waals surface area contributed by atoms with E-state index in [0.29, 0.717) is 10.0 Å². The molecule has 3 rings (SSSR count). The Morgan fingerprint density at radius 2 is 1.65 bits per heavy atom. The molecule has 0 atom stereocenters. The summed E-state index contributed by atoms with van der Waals surface area (Å²) in [5.74, 6) is 0. The van der Waals surface area contributed by atoms with Gasteiger partial charge < -0.3 is 0 Å². The molecule has 0 saturated heterocycles. The third kappa shape index (κ3) is 2.67. The minimum Gasteiger partial charge on any atom is -0.0827 e. The lowest BCUT2D eigenvalue weighted by molar-refractivity contribution is 1.20. The quantitative estimate of drug-likeness (QED) is 0.541. The van der Waals surface area contributed by atoms with Crippen molar-refractivity contribution in [2.24, 2.45) is 0 Å². The van der Waals surface area contributed by atoms with Gasteiger partial charge in [0.1, 0.15) is 0 Å². The summed E-state index contributed by atoms with van der Waals surface area (Å²) in [5.41, 5.74) is 3.77. The van der Waals surface area contributed by atoms with Crippen molar-refractivity contribution in [3.05, 3.63) is 81.3 Å².